The lowest BCUT2D eigenvalue weighted by Crippen LogP contribution is -2.04. The van der Waals surface area contributed by atoms with E-state index in [-0.39, 0.29) is 0 Å². The van der Waals surface area contributed by atoms with Gasteiger partial charge in [-0.1, -0.05) is 81.6 Å². The zero-order chi connectivity index (χ0) is 26.8. The Morgan fingerprint density at radius 1 is 0.639 bits per heavy atom. The van der Waals surface area contributed by atoms with Crippen molar-refractivity contribution in [3.63, 3.8) is 0 Å². The van der Waals surface area contributed by atoms with Crippen molar-refractivity contribution in [2.24, 2.45) is 0 Å². The van der Waals surface area contributed by atoms with Gasteiger partial charge in [-0.2, -0.15) is 12.6 Å². The maximum atomic E-state index is 5.52. The van der Waals surface area contributed by atoms with Gasteiger partial charge in [0.05, 0.1) is 26.4 Å². The molecule has 0 spiro atoms. The van der Waals surface area contributed by atoms with Gasteiger partial charge in [0.25, 0.3) is 0 Å². The van der Waals surface area contributed by atoms with Crippen LogP contribution in [0.1, 0.15) is 90.5 Å². The first-order valence-electron chi connectivity index (χ1n) is 13.9. The van der Waals surface area contributed by atoms with Crippen LogP contribution >= 0.6 is 12.6 Å². The molecule has 0 aromatic heterocycles. The van der Waals surface area contributed by atoms with Crippen molar-refractivity contribution in [2.75, 3.05) is 52.9 Å². The molecule has 36 heavy (non-hydrogen) atoms. The smallest absolute Gasteiger partial charge is 0.0700 e. The summed E-state index contributed by atoms with van der Waals surface area (Å²) in [6.45, 7) is 15.4. The molecule has 0 N–H and O–H groups in total. The maximum Gasteiger partial charge on any atom is 0.0700 e. The van der Waals surface area contributed by atoms with Crippen LogP contribution in [-0.2, 0) is 18.9 Å². The van der Waals surface area contributed by atoms with Gasteiger partial charge in [-0.15, -0.1) is 0 Å². The molecule has 0 saturated carbocycles. The molecule has 0 unspecified atom stereocenters. The lowest BCUT2D eigenvalue weighted by Gasteiger charge is -2.04. The molecule has 0 saturated heterocycles. The van der Waals surface area contributed by atoms with Crippen LogP contribution in [0.2, 0.25) is 0 Å². The lowest BCUT2D eigenvalue weighted by molar-refractivity contribution is 0.0512. The third kappa shape index (κ3) is 34.9. The number of benzene rings is 1. The van der Waals surface area contributed by atoms with Gasteiger partial charge in [0.15, 0.2) is 0 Å². The van der Waals surface area contributed by atoms with Gasteiger partial charge >= 0.3 is 0 Å². The first-order chi connectivity index (χ1) is 17.8. The predicted octanol–water partition coefficient (Wildman–Crippen LogP) is 8.11. The summed E-state index contributed by atoms with van der Waals surface area (Å²) in [5.74, 6) is 6.51. The summed E-state index contributed by atoms with van der Waals surface area (Å²) in [4.78, 5) is 0. The fourth-order valence-corrected chi connectivity index (χ4v) is 3.11. The van der Waals surface area contributed by atoms with E-state index >= 15 is 0 Å². The molecule has 0 heterocycles. The molecule has 0 atom stereocenters. The van der Waals surface area contributed by atoms with Crippen LogP contribution in [-0.4, -0.2) is 52.9 Å². The van der Waals surface area contributed by atoms with Gasteiger partial charge in [-0.05, 0) is 51.2 Å². The van der Waals surface area contributed by atoms with Gasteiger partial charge in [-0.3, -0.25) is 0 Å². The molecule has 0 aliphatic rings. The van der Waals surface area contributed by atoms with E-state index in [2.05, 4.69) is 43.2 Å². The van der Waals surface area contributed by atoms with Gasteiger partial charge < -0.3 is 18.9 Å². The fraction of sp³-hybridized carbons (Fsp3) is 0.677. The Hall–Kier alpha value is -1.29. The Balaban J connectivity index is 0. The molecule has 1 aromatic carbocycles. The highest BCUT2D eigenvalue weighted by atomic mass is 32.1. The van der Waals surface area contributed by atoms with Crippen LogP contribution in [0.25, 0.3) is 0 Å². The molecule has 0 amide bonds. The van der Waals surface area contributed by atoms with E-state index in [0.717, 1.165) is 64.8 Å². The second kappa shape index (κ2) is 35.9. The Kier molecular flexibility index (Phi) is 36.7. The van der Waals surface area contributed by atoms with Crippen molar-refractivity contribution in [3.05, 3.63) is 47.9 Å². The van der Waals surface area contributed by atoms with Crippen molar-refractivity contribution in [2.45, 2.75) is 85.0 Å². The summed E-state index contributed by atoms with van der Waals surface area (Å²) in [6, 6.07) is 10.3. The molecule has 4 nitrogen and oxygen atoms in total. The summed E-state index contributed by atoms with van der Waals surface area (Å²) in [6.07, 6.45) is 12.9. The van der Waals surface area contributed by atoms with E-state index in [4.69, 9.17) is 18.9 Å². The van der Waals surface area contributed by atoms with E-state index in [1.807, 2.05) is 39.0 Å². The standard InChI is InChI=1S/C23H36O2.C6H14O2.C2H4S/c1-2-24-21-22-25-20-16-11-9-7-5-3-4-6-8-10-13-17-23-18-14-12-15-19-23;1-3-7-5-6-8-4-2;1-2-3/h12,14-15,18-19H,2-11,16,20-22H2,1H3;3-6H2,1-2H3;2-3H,1H2. The van der Waals surface area contributed by atoms with E-state index in [9.17, 15) is 0 Å². The monoisotopic (exact) mass is 522 g/mol. The number of rotatable bonds is 20. The van der Waals surface area contributed by atoms with E-state index in [0.29, 0.717) is 0 Å². The fourth-order valence-electron chi connectivity index (χ4n) is 3.11. The van der Waals surface area contributed by atoms with Crippen molar-refractivity contribution < 1.29 is 18.9 Å². The van der Waals surface area contributed by atoms with E-state index in [1.165, 1.54) is 63.2 Å². The second-order valence-corrected chi connectivity index (χ2v) is 8.35. The van der Waals surface area contributed by atoms with Crippen molar-refractivity contribution >= 4 is 12.6 Å². The largest absolute Gasteiger partial charge is 0.379 e. The highest BCUT2D eigenvalue weighted by molar-refractivity contribution is 7.83. The summed E-state index contributed by atoms with van der Waals surface area (Å²) in [5.41, 5.74) is 1.13. The molecule has 0 fully saturated rings. The molecule has 208 valence electrons. The number of unbranched alkanes of at least 4 members (excludes halogenated alkanes) is 9. The molecular weight excluding hydrogens is 468 g/mol. The summed E-state index contributed by atoms with van der Waals surface area (Å²) in [5, 5.41) is 1.44. The van der Waals surface area contributed by atoms with Crippen LogP contribution in [0.5, 0.6) is 0 Å². The maximum absolute atomic E-state index is 5.52. The molecular formula is C31H54O4S. The van der Waals surface area contributed by atoms with Gasteiger partial charge in [0.1, 0.15) is 0 Å². The SMILES string of the molecule is C=CS.CCOCCOCC.CCOCCOCCCCCCCCCCCC#Cc1ccccc1. The molecule has 5 heteroatoms. The first kappa shape index (κ1) is 36.9. The molecule has 1 aromatic rings. The third-order valence-corrected chi connectivity index (χ3v) is 4.95. The molecule has 0 aliphatic heterocycles. The van der Waals surface area contributed by atoms with Crippen molar-refractivity contribution in [1.29, 1.82) is 0 Å². The van der Waals surface area contributed by atoms with Gasteiger partial charge in [-0.25, -0.2) is 0 Å². The zero-order valence-electron chi connectivity index (χ0n) is 23.5. The van der Waals surface area contributed by atoms with Crippen LogP contribution in [0.15, 0.2) is 42.3 Å². The quantitative estimate of drug-likeness (QED) is 0.107. The van der Waals surface area contributed by atoms with Crippen LogP contribution in [0, 0.1) is 11.8 Å². The lowest BCUT2D eigenvalue weighted by atomic mass is 10.1. The predicted molar refractivity (Wildman–Crippen MR) is 159 cm³/mol. The molecule has 0 aliphatic carbocycles. The Labute approximate surface area is 228 Å². The Morgan fingerprint density at radius 2 is 1.06 bits per heavy atom. The number of ether oxygens (including phenoxy) is 4. The highest BCUT2D eigenvalue weighted by Gasteiger charge is 1.94. The third-order valence-electron chi connectivity index (χ3n) is 4.95. The van der Waals surface area contributed by atoms with Crippen molar-refractivity contribution in [3.8, 4) is 11.8 Å². The Morgan fingerprint density at radius 3 is 1.53 bits per heavy atom. The average molecular weight is 523 g/mol. The molecule has 1 rings (SSSR count). The summed E-state index contributed by atoms with van der Waals surface area (Å²) >= 11 is 3.55. The van der Waals surface area contributed by atoms with E-state index < -0.39 is 0 Å². The summed E-state index contributed by atoms with van der Waals surface area (Å²) in [7, 11) is 0. The normalized spacial score (nSPS) is 9.78. The minimum atomic E-state index is 0.727. The zero-order valence-corrected chi connectivity index (χ0v) is 24.4. The highest BCUT2D eigenvalue weighted by Crippen LogP contribution is 2.10. The minimum absolute atomic E-state index is 0.727. The average Bonchev–Trinajstić information content (AvgIpc) is 2.90. The van der Waals surface area contributed by atoms with E-state index in [1.54, 1.807) is 0 Å². The minimum Gasteiger partial charge on any atom is -0.379 e. The number of thiol groups is 1. The van der Waals surface area contributed by atoms with Crippen LogP contribution in [0.4, 0.5) is 0 Å². The second-order valence-electron chi connectivity index (χ2n) is 7.99. The van der Waals surface area contributed by atoms with Crippen molar-refractivity contribution in [1.82, 2.24) is 0 Å². The van der Waals surface area contributed by atoms with Gasteiger partial charge in [0, 0.05) is 38.4 Å². The van der Waals surface area contributed by atoms with Gasteiger partial charge in [0.2, 0.25) is 0 Å². The molecule has 0 bridgehead atoms. The molecule has 0 radical (unpaired) electrons. The topological polar surface area (TPSA) is 36.9 Å². The van der Waals surface area contributed by atoms with Crippen LogP contribution in [0.3, 0.4) is 0 Å². The summed E-state index contributed by atoms with van der Waals surface area (Å²) < 4.78 is 20.8. The first-order valence-corrected chi connectivity index (χ1v) is 14.4. The number of hydrogen-bond acceptors (Lipinski definition) is 5. The van der Waals surface area contributed by atoms with Crippen LogP contribution < -0.4 is 0 Å². The Bertz CT molecular complexity index is 577. The number of hydrogen-bond donors (Lipinski definition) is 1.